The molecule has 0 fully saturated rings. The lowest BCUT2D eigenvalue weighted by atomic mass is 9.94. The second-order valence-corrected chi connectivity index (χ2v) is 5.95. The maximum atomic E-state index is 12.8. The van der Waals surface area contributed by atoms with Crippen LogP contribution in [-0.2, 0) is 6.42 Å². The quantitative estimate of drug-likeness (QED) is 0.717. The molecule has 1 aliphatic heterocycles. The van der Waals surface area contributed by atoms with Crippen molar-refractivity contribution in [3.8, 4) is 5.75 Å². The fraction of sp³-hybridized carbons (Fsp3) is 0.158. The smallest absolute Gasteiger partial charge is 0.291 e. The summed E-state index contributed by atoms with van der Waals surface area (Å²) in [5.41, 5.74) is 1.67. The monoisotopic (exact) mass is 338 g/mol. The molecule has 0 aromatic carbocycles. The molecule has 3 aromatic rings. The predicted octanol–water partition coefficient (Wildman–Crippen LogP) is 2.62. The van der Waals surface area contributed by atoms with Gasteiger partial charge in [-0.15, -0.1) is 0 Å². The van der Waals surface area contributed by atoms with Gasteiger partial charge in [-0.25, -0.2) is 0 Å². The van der Waals surface area contributed by atoms with Crippen molar-refractivity contribution >= 4 is 11.4 Å². The summed E-state index contributed by atoms with van der Waals surface area (Å²) in [6.45, 7) is 1.66. The van der Waals surface area contributed by atoms with Crippen LogP contribution in [-0.4, -0.2) is 16.0 Å². The molecule has 0 amide bonds. The van der Waals surface area contributed by atoms with Crippen LogP contribution in [0.15, 0.2) is 63.5 Å². The van der Waals surface area contributed by atoms with Crippen molar-refractivity contribution in [2.24, 2.45) is 0 Å². The van der Waals surface area contributed by atoms with Crippen molar-refractivity contribution in [2.75, 3.05) is 0 Å². The average Bonchev–Trinajstić information content (AvgIpc) is 3.28. The van der Waals surface area contributed by atoms with Gasteiger partial charge in [-0.05, 0) is 31.2 Å². The van der Waals surface area contributed by atoms with Crippen LogP contribution in [0.1, 0.15) is 40.7 Å². The second-order valence-electron chi connectivity index (χ2n) is 5.95. The molecule has 2 N–H and O–H groups in total. The minimum atomic E-state index is -1.12. The number of hydrogen-bond acceptors (Lipinski definition) is 5. The van der Waals surface area contributed by atoms with Crippen molar-refractivity contribution in [3.05, 3.63) is 77.4 Å². The molecule has 0 aliphatic carbocycles. The molecule has 6 nitrogen and oxygen atoms in total. The summed E-state index contributed by atoms with van der Waals surface area (Å²) in [5, 5.41) is 21.0. The number of nitrogens with zero attached hydrogens (tertiary/aromatic N) is 1. The van der Waals surface area contributed by atoms with Crippen LogP contribution in [0.25, 0.3) is 5.57 Å². The number of aromatic nitrogens is 1. The number of carbonyl (C=O) groups is 1. The number of aliphatic hydroxyl groups is 1. The van der Waals surface area contributed by atoms with E-state index in [-0.39, 0.29) is 11.5 Å². The largest absolute Gasteiger partial charge is 0.503 e. The zero-order valence-electron chi connectivity index (χ0n) is 13.5. The van der Waals surface area contributed by atoms with Gasteiger partial charge >= 0.3 is 0 Å². The highest BCUT2D eigenvalue weighted by Gasteiger charge is 2.40. The van der Waals surface area contributed by atoms with Crippen LogP contribution in [0, 0.1) is 0 Å². The van der Waals surface area contributed by atoms with Crippen molar-refractivity contribution in [1.29, 1.82) is 0 Å². The van der Waals surface area contributed by atoms with Gasteiger partial charge in [0.1, 0.15) is 11.5 Å². The maximum absolute atomic E-state index is 12.8. The van der Waals surface area contributed by atoms with E-state index in [1.807, 2.05) is 0 Å². The first-order valence-corrected chi connectivity index (χ1v) is 7.83. The van der Waals surface area contributed by atoms with E-state index < -0.39 is 6.23 Å². The number of rotatable bonds is 3. The summed E-state index contributed by atoms with van der Waals surface area (Å²) in [6.07, 6.45) is 3.63. The lowest BCUT2D eigenvalue weighted by Gasteiger charge is -2.19. The molecule has 1 aliphatic rings. The SMILES string of the molecule is CC1=C(c2ccco2)C(O)[n+]2cc(O)c(Cc3ccco3)cc2C1=O. The van der Waals surface area contributed by atoms with E-state index in [1.165, 1.54) is 17.0 Å². The predicted molar refractivity (Wildman–Crippen MR) is 86.7 cm³/mol. The molecule has 25 heavy (non-hydrogen) atoms. The molecule has 1 atom stereocenters. The molecular weight excluding hydrogens is 322 g/mol. The number of pyridine rings is 1. The molecule has 0 saturated carbocycles. The highest BCUT2D eigenvalue weighted by atomic mass is 16.3. The average molecular weight is 338 g/mol. The summed E-state index contributed by atoms with van der Waals surface area (Å²) in [4.78, 5) is 12.8. The van der Waals surface area contributed by atoms with Gasteiger partial charge < -0.3 is 19.0 Å². The van der Waals surface area contributed by atoms with Gasteiger partial charge in [0.15, 0.2) is 5.75 Å². The van der Waals surface area contributed by atoms with Crippen molar-refractivity contribution in [1.82, 2.24) is 0 Å². The molecule has 1 unspecified atom stereocenters. The van der Waals surface area contributed by atoms with E-state index in [0.29, 0.717) is 40.3 Å². The van der Waals surface area contributed by atoms with E-state index >= 15 is 0 Å². The van der Waals surface area contributed by atoms with Gasteiger partial charge in [0, 0.05) is 23.6 Å². The maximum Gasteiger partial charge on any atom is 0.291 e. The zero-order valence-corrected chi connectivity index (χ0v) is 13.5. The zero-order chi connectivity index (χ0) is 17.6. The Labute approximate surface area is 143 Å². The minimum absolute atomic E-state index is 0.0228. The molecule has 6 heteroatoms. The first kappa shape index (κ1) is 15.4. The number of allylic oxidation sites excluding steroid dienone is 1. The Balaban J connectivity index is 1.81. The standard InChI is InChI=1S/C19H15NO5/c1-11-17(16-5-3-7-25-16)19(23)20-10-15(21)12(9-14(20)18(11)22)8-13-4-2-6-24-13/h2-7,9-10,19,23H,8H2,1H3/p+1. The van der Waals surface area contributed by atoms with Crippen LogP contribution in [0.2, 0.25) is 0 Å². The van der Waals surface area contributed by atoms with Gasteiger partial charge in [0.05, 0.1) is 18.1 Å². The van der Waals surface area contributed by atoms with Gasteiger partial charge in [0.2, 0.25) is 6.20 Å². The molecule has 0 saturated heterocycles. The number of furan rings is 2. The lowest BCUT2D eigenvalue weighted by molar-refractivity contribution is -0.746. The highest BCUT2D eigenvalue weighted by Crippen LogP contribution is 2.33. The van der Waals surface area contributed by atoms with Crippen LogP contribution < -0.4 is 4.57 Å². The van der Waals surface area contributed by atoms with E-state index in [2.05, 4.69) is 0 Å². The Morgan fingerprint density at radius 3 is 2.64 bits per heavy atom. The summed E-state index contributed by atoms with van der Waals surface area (Å²) < 4.78 is 12.0. The van der Waals surface area contributed by atoms with E-state index in [1.54, 1.807) is 43.5 Å². The molecule has 126 valence electrons. The number of fused-ring (bicyclic) bond motifs is 1. The first-order chi connectivity index (χ1) is 12.1. The molecule has 0 bridgehead atoms. The number of hydrogen-bond donors (Lipinski definition) is 2. The van der Waals surface area contributed by atoms with Crippen molar-refractivity contribution in [2.45, 2.75) is 19.6 Å². The molecule has 0 spiro atoms. The van der Waals surface area contributed by atoms with Gasteiger partial charge in [0.25, 0.3) is 17.7 Å². The van der Waals surface area contributed by atoms with Crippen molar-refractivity contribution < 1.29 is 28.4 Å². The Hall–Kier alpha value is -3.12. The van der Waals surface area contributed by atoms with Crippen molar-refractivity contribution in [3.63, 3.8) is 0 Å². The third-order valence-electron chi connectivity index (χ3n) is 4.41. The molecule has 3 aromatic heterocycles. The summed E-state index contributed by atoms with van der Waals surface area (Å²) >= 11 is 0. The fourth-order valence-electron chi connectivity index (χ4n) is 3.12. The van der Waals surface area contributed by atoms with E-state index in [9.17, 15) is 15.0 Å². The Kier molecular flexibility index (Phi) is 3.54. The Morgan fingerprint density at radius 2 is 1.96 bits per heavy atom. The number of carbonyl (C=O) groups excluding carboxylic acids is 1. The highest BCUT2D eigenvalue weighted by molar-refractivity contribution is 6.11. The second kappa shape index (κ2) is 5.75. The lowest BCUT2D eigenvalue weighted by Crippen LogP contribution is -2.49. The third kappa shape index (κ3) is 2.47. The van der Waals surface area contributed by atoms with Crippen LogP contribution >= 0.6 is 0 Å². The first-order valence-electron chi connectivity index (χ1n) is 7.83. The van der Waals surface area contributed by atoms with E-state index in [0.717, 1.165) is 0 Å². The van der Waals surface area contributed by atoms with Gasteiger partial charge in [-0.2, -0.15) is 4.57 Å². The van der Waals surface area contributed by atoms with Crippen LogP contribution in [0.5, 0.6) is 5.75 Å². The van der Waals surface area contributed by atoms with Gasteiger partial charge in [-0.3, -0.25) is 4.79 Å². The molecule has 4 heterocycles. The fourth-order valence-corrected chi connectivity index (χ4v) is 3.12. The molecule has 4 rings (SSSR count). The number of Topliss-reactive ketones (excluding diaryl/α,β-unsaturated/α-hetero) is 1. The number of aromatic hydroxyl groups is 1. The molecule has 0 radical (unpaired) electrons. The van der Waals surface area contributed by atoms with Crippen LogP contribution in [0.4, 0.5) is 0 Å². The normalized spacial score (nSPS) is 17.0. The number of ketones is 1. The van der Waals surface area contributed by atoms with E-state index in [4.69, 9.17) is 8.83 Å². The molecular formula is C19H16NO5+. The summed E-state index contributed by atoms with van der Waals surface area (Å²) in [7, 11) is 0. The minimum Gasteiger partial charge on any atom is -0.503 e. The van der Waals surface area contributed by atoms with Crippen LogP contribution in [0.3, 0.4) is 0 Å². The Morgan fingerprint density at radius 1 is 1.20 bits per heavy atom. The summed E-state index contributed by atoms with van der Waals surface area (Å²) in [5.74, 6) is 0.853. The van der Waals surface area contributed by atoms with Gasteiger partial charge in [-0.1, -0.05) is 0 Å². The summed E-state index contributed by atoms with van der Waals surface area (Å²) in [6, 6.07) is 8.52. The topological polar surface area (TPSA) is 87.7 Å². The number of aliphatic hydroxyl groups excluding tert-OH is 1. The Bertz CT molecular complexity index is 968. The third-order valence-corrected chi connectivity index (χ3v) is 4.41.